The van der Waals surface area contributed by atoms with E-state index in [-0.39, 0.29) is 0 Å². The molecule has 0 heterocycles. The van der Waals surface area contributed by atoms with E-state index in [4.69, 9.17) is 4.74 Å². The average molecular weight is 244 g/mol. The number of hydrogen-bond acceptors (Lipinski definition) is 3. The van der Waals surface area contributed by atoms with Crippen LogP contribution >= 0.6 is 15.9 Å². The highest BCUT2D eigenvalue weighted by Gasteiger charge is 2.03. The normalized spacial score (nSPS) is 12.2. The molecule has 0 aromatic heterocycles. The number of aliphatic carboxylic acids is 1. The fraction of sp³-hybridized carbons (Fsp3) is 0.222. The number of hydrogen-bond donors (Lipinski definition) is 0. The van der Waals surface area contributed by atoms with Gasteiger partial charge in [-0.25, -0.2) is 0 Å². The largest absolute Gasteiger partial charge is 0.546 e. The Balaban J connectivity index is 2.69. The van der Waals surface area contributed by atoms with E-state index < -0.39 is 12.1 Å². The second kappa shape index (κ2) is 4.28. The monoisotopic (exact) mass is 243 g/mol. The molecule has 1 aromatic rings. The summed E-state index contributed by atoms with van der Waals surface area (Å²) < 4.78 is 5.91. The Kier molecular flexibility index (Phi) is 3.31. The summed E-state index contributed by atoms with van der Waals surface area (Å²) in [5.74, 6) is -0.717. The van der Waals surface area contributed by atoms with Crippen LogP contribution in [0.5, 0.6) is 5.75 Å². The molecule has 0 saturated carbocycles. The standard InChI is InChI=1S/C9H9BrO3/c1-6(9(11)12)13-8-4-2-3-7(10)5-8/h2-6H,1H3,(H,11,12)/p-1. The van der Waals surface area contributed by atoms with Crippen molar-refractivity contribution in [2.24, 2.45) is 0 Å². The van der Waals surface area contributed by atoms with Crippen LogP contribution in [-0.4, -0.2) is 12.1 Å². The van der Waals surface area contributed by atoms with Gasteiger partial charge in [0, 0.05) is 4.47 Å². The summed E-state index contributed by atoms with van der Waals surface area (Å²) in [6.45, 7) is 1.43. The summed E-state index contributed by atoms with van der Waals surface area (Å²) in [5.41, 5.74) is 0. The number of ether oxygens (including phenoxy) is 1. The van der Waals surface area contributed by atoms with Crippen molar-refractivity contribution in [2.75, 3.05) is 0 Å². The first kappa shape index (κ1) is 10.1. The third-order valence-corrected chi connectivity index (χ3v) is 1.93. The third kappa shape index (κ3) is 3.06. The highest BCUT2D eigenvalue weighted by Crippen LogP contribution is 2.18. The van der Waals surface area contributed by atoms with Gasteiger partial charge in [-0.2, -0.15) is 0 Å². The van der Waals surface area contributed by atoms with Crippen LogP contribution in [-0.2, 0) is 4.79 Å². The SMILES string of the molecule is CC(Oc1cccc(Br)c1)C(=O)[O-]. The molecule has 3 nitrogen and oxygen atoms in total. The van der Waals surface area contributed by atoms with Gasteiger partial charge in [0.25, 0.3) is 0 Å². The van der Waals surface area contributed by atoms with E-state index in [2.05, 4.69) is 15.9 Å². The van der Waals surface area contributed by atoms with Crippen LogP contribution < -0.4 is 9.84 Å². The van der Waals surface area contributed by atoms with E-state index in [9.17, 15) is 9.90 Å². The number of carboxylic acid groups (broad SMARTS) is 1. The maximum absolute atomic E-state index is 10.3. The molecule has 70 valence electrons. The molecule has 1 atom stereocenters. The summed E-state index contributed by atoms with van der Waals surface area (Å²) in [6, 6.07) is 6.97. The third-order valence-electron chi connectivity index (χ3n) is 1.44. The summed E-state index contributed by atoms with van der Waals surface area (Å²) in [6.07, 6.45) is -0.936. The molecule has 0 bridgehead atoms. The maximum Gasteiger partial charge on any atom is 0.135 e. The van der Waals surface area contributed by atoms with Crippen molar-refractivity contribution in [3.63, 3.8) is 0 Å². The highest BCUT2D eigenvalue weighted by molar-refractivity contribution is 9.10. The van der Waals surface area contributed by atoms with Gasteiger partial charge in [0.2, 0.25) is 0 Å². The zero-order valence-electron chi connectivity index (χ0n) is 6.99. The minimum atomic E-state index is -1.22. The van der Waals surface area contributed by atoms with Crippen LogP contribution in [0.15, 0.2) is 28.7 Å². The number of halogens is 1. The van der Waals surface area contributed by atoms with E-state index >= 15 is 0 Å². The Labute approximate surface area is 84.5 Å². The van der Waals surface area contributed by atoms with Gasteiger partial charge in [-0.1, -0.05) is 22.0 Å². The Morgan fingerprint density at radius 3 is 2.85 bits per heavy atom. The molecule has 0 amide bonds. The molecule has 4 heteroatoms. The second-order valence-corrected chi connectivity index (χ2v) is 3.45. The van der Waals surface area contributed by atoms with E-state index in [1.807, 2.05) is 6.07 Å². The van der Waals surface area contributed by atoms with Crippen molar-refractivity contribution in [3.05, 3.63) is 28.7 Å². The van der Waals surface area contributed by atoms with E-state index in [0.717, 1.165) is 4.47 Å². The summed E-state index contributed by atoms with van der Waals surface area (Å²) in [7, 11) is 0. The molecule has 1 unspecified atom stereocenters. The van der Waals surface area contributed by atoms with Gasteiger partial charge in [0.05, 0.1) is 5.97 Å². The molecule has 0 aliphatic heterocycles. The van der Waals surface area contributed by atoms with Gasteiger partial charge in [-0.05, 0) is 25.1 Å². The molecule has 1 aromatic carbocycles. The summed E-state index contributed by atoms with van der Waals surface area (Å²) in [4.78, 5) is 10.3. The van der Waals surface area contributed by atoms with Gasteiger partial charge in [0.1, 0.15) is 11.9 Å². The molecule has 0 aliphatic rings. The lowest BCUT2D eigenvalue weighted by molar-refractivity contribution is -0.312. The van der Waals surface area contributed by atoms with Crippen molar-refractivity contribution >= 4 is 21.9 Å². The predicted molar refractivity (Wildman–Crippen MR) is 49.2 cm³/mol. The predicted octanol–water partition coefficient (Wildman–Crippen LogP) is 0.966. The van der Waals surface area contributed by atoms with Crippen LogP contribution in [0.4, 0.5) is 0 Å². The van der Waals surface area contributed by atoms with E-state index in [1.165, 1.54) is 6.92 Å². The lowest BCUT2D eigenvalue weighted by atomic mass is 10.3. The van der Waals surface area contributed by atoms with Gasteiger partial charge in [0.15, 0.2) is 0 Å². The van der Waals surface area contributed by atoms with Crippen molar-refractivity contribution in [1.82, 2.24) is 0 Å². The van der Waals surface area contributed by atoms with Crippen LogP contribution in [0.1, 0.15) is 6.92 Å². The number of carbonyl (C=O) groups is 1. The smallest absolute Gasteiger partial charge is 0.135 e. The first-order valence-electron chi connectivity index (χ1n) is 3.72. The summed E-state index contributed by atoms with van der Waals surface area (Å²) in [5, 5.41) is 10.3. The highest BCUT2D eigenvalue weighted by atomic mass is 79.9. The molecule has 0 aliphatic carbocycles. The second-order valence-electron chi connectivity index (χ2n) is 2.54. The number of rotatable bonds is 3. The van der Waals surface area contributed by atoms with E-state index in [1.54, 1.807) is 18.2 Å². The Morgan fingerprint density at radius 2 is 2.31 bits per heavy atom. The van der Waals surface area contributed by atoms with Gasteiger partial charge in [-0.15, -0.1) is 0 Å². The molecule has 0 spiro atoms. The number of carbonyl (C=O) groups excluding carboxylic acids is 1. The zero-order chi connectivity index (χ0) is 9.84. The van der Waals surface area contributed by atoms with Crippen LogP contribution in [0, 0.1) is 0 Å². The lowest BCUT2D eigenvalue weighted by Gasteiger charge is -2.15. The first-order valence-corrected chi connectivity index (χ1v) is 4.52. The van der Waals surface area contributed by atoms with Crippen molar-refractivity contribution in [1.29, 1.82) is 0 Å². The molecule has 0 N–H and O–H groups in total. The molecular formula is C9H8BrO3-. The van der Waals surface area contributed by atoms with Crippen molar-refractivity contribution in [3.8, 4) is 5.75 Å². The Bertz CT molecular complexity index is 311. The molecule has 0 saturated heterocycles. The number of carboxylic acids is 1. The molecule has 0 radical (unpaired) electrons. The summed E-state index contributed by atoms with van der Waals surface area (Å²) >= 11 is 3.25. The van der Waals surface area contributed by atoms with Crippen LogP contribution in [0.3, 0.4) is 0 Å². The molecular weight excluding hydrogens is 236 g/mol. The number of benzene rings is 1. The topological polar surface area (TPSA) is 49.4 Å². The minimum Gasteiger partial charge on any atom is -0.546 e. The molecule has 13 heavy (non-hydrogen) atoms. The van der Waals surface area contributed by atoms with Gasteiger partial charge in [-0.3, -0.25) is 0 Å². The van der Waals surface area contributed by atoms with Crippen LogP contribution in [0.2, 0.25) is 0 Å². The maximum atomic E-state index is 10.3. The van der Waals surface area contributed by atoms with Gasteiger partial charge >= 0.3 is 0 Å². The zero-order valence-corrected chi connectivity index (χ0v) is 8.58. The molecule has 0 fully saturated rings. The van der Waals surface area contributed by atoms with Crippen molar-refractivity contribution in [2.45, 2.75) is 13.0 Å². The quantitative estimate of drug-likeness (QED) is 0.795. The Morgan fingerprint density at radius 1 is 1.62 bits per heavy atom. The Hall–Kier alpha value is -1.03. The fourth-order valence-corrected chi connectivity index (χ4v) is 1.17. The minimum absolute atomic E-state index is 0.506. The van der Waals surface area contributed by atoms with E-state index in [0.29, 0.717) is 5.75 Å². The van der Waals surface area contributed by atoms with Gasteiger partial charge < -0.3 is 14.6 Å². The fourth-order valence-electron chi connectivity index (χ4n) is 0.793. The first-order chi connectivity index (χ1) is 6.09. The van der Waals surface area contributed by atoms with Crippen molar-refractivity contribution < 1.29 is 14.6 Å². The molecule has 1 rings (SSSR count). The van der Waals surface area contributed by atoms with Crippen LogP contribution in [0.25, 0.3) is 0 Å². The lowest BCUT2D eigenvalue weighted by Crippen LogP contribution is -2.37. The average Bonchev–Trinajstić information content (AvgIpc) is 2.04.